The number of hydrogen-bond donors (Lipinski definition) is 1. The first-order valence-electron chi connectivity index (χ1n) is 8.59. The summed E-state index contributed by atoms with van der Waals surface area (Å²) in [6.45, 7) is 2.23. The van der Waals surface area contributed by atoms with E-state index >= 15 is 0 Å². The Morgan fingerprint density at radius 3 is 1.61 bits per heavy atom. The van der Waals surface area contributed by atoms with Crippen LogP contribution in [0.2, 0.25) is 0 Å². The molecule has 0 aromatic rings. The van der Waals surface area contributed by atoms with E-state index in [4.69, 9.17) is 5.11 Å². The first-order chi connectivity index (χ1) is 10.8. The summed E-state index contributed by atoms with van der Waals surface area (Å²) in [5, 5.41) is 8.49. The molecule has 0 aromatic carbocycles. The number of carboxylic acids is 1. The molecule has 0 amide bonds. The minimum absolute atomic E-state index is 0. The van der Waals surface area contributed by atoms with Crippen molar-refractivity contribution in [3.8, 4) is 0 Å². The van der Waals surface area contributed by atoms with E-state index in [1.54, 1.807) is 0 Å². The van der Waals surface area contributed by atoms with E-state index in [-0.39, 0.29) is 13.8 Å². The standard InChI is InChI=1S/C20H32O2.C/c1-2-3-4-5-6-7-8-9-10-11-12-13-14-15-16-17-18-19-20(21)22;/h6-7,9-10,12-13,15-16H,2-5,8,11,14,17-19H2,1H3,(H,21,22);. The van der Waals surface area contributed by atoms with Crippen molar-refractivity contribution >= 4 is 5.97 Å². The summed E-state index contributed by atoms with van der Waals surface area (Å²) in [5.41, 5.74) is 0. The molecule has 0 spiro atoms. The minimum atomic E-state index is -0.712. The fourth-order valence-electron chi connectivity index (χ4n) is 1.93. The van der Waals surface area contributed by atoms with Crippen molar-refractivity contribution in [1.82, 2.24) is 0 Å². The Kier molecular flexibility index (Phi) is 21.0. The van der Waals surface area contributed by atoms with Crippen molar-refractivity contribution in [2.45, 2.75) is 71.1 Å². The van der Waals surface area contributed by atoms with Gasteiger partial charge in [0.1, 0.15) is 0 Å². The van der Waals surface area contributed by atoms with Crippen molar-refractivity contribution in [2.75, 3.05) is 0 Å². The van der Waals surface area contributed by atoms with Crippen LogP contribution in [0, 0.1) is 7.43 Å². The van der Waals surface area contributed by atoms with Crippen LogP contribution >= 0.6 is 0 Å². The minimum Gasteiger partial charge on any atom is -0.481 e. The van der Waals surface area contributed by atoms with E-state index in [2.05, 4.69) is 55.5 Å². The molecule has 0 aliphatic heterocycles. The maximum atomic E-state index is 10.3. The average molecular weight is 316 g/mol. The molecular weight excluding hydrogens is 284 g/mol. The van der Waals surface area contributed by atoms with Gasteiger partial charge in [0, 0.05) is 13.8 Å². The Morgan fingerprint density at radius 1 is 0.739 bits per heavy atom. The molecule has 0 rings (SSSR count). The Bertz CT molecular complexity index is 362. The number of hydrogen-bond acceptors (Lipinski definition) is 1. The predicted octanol–water partition coefficient (Wildman–Crippen LogP) is 6.30. The highest BCUT2D eigenvalue weighted by Gasteiger charge is 1.92. The zero-order chi connectivity index (χ0) is 16.3. The summed E-state index contributed by atoms with van der Waals surface area (Å²) in [5.74, 6) is -0.712. The van der Waals surface area contributed by atoms with E-state index in [9.17, 15) is 4.79 Å². The Balaban J connectivity index is 0. The summed E-state index contributed by atoms with van der Waals surface area (Å²) in [7, 11) is 0. The number of carboxylic acid groups (broad SMARTS) is 1. The third-order valence-corrected chi connectivity index (χ3v) is 3.22. The molecule has 0 saturated heterocycles. The highest BCUT2D eigenvalue weighted by molar-refractivity contribution is 5.66. The molecule has 2 heteroatoms. The SMILES string of the molecule is CCCCCC=CCC=CCC=CCC=CCCCC(=O)O.[C]. The van der Waals surface area contributed by atoms with E-state index in [1.807, 2.05) is 0 Å². The molecule has 128 valence electrons. The molecule has 4 radical (unpaired) electrons. The van der Waals surface area contributed by atoms with Gasteiger partial charge >= 0.3 is 5.97 Å². The summed E-state index contributed by atoms with van der Waals surface area (Å²) in [4.78, 5) is 10.3. The third kappa shape index (κ3) is 22.8. The van der Waals surface area contributed by atoms with Crippen molar-refractivity contribution in [2.24, 2.45) is 0 Å². The van der Waals surface area contributed by atoms with E-state index in [0.717, 1.165) is 32.1 Å². The second-order valence-electron chi connectivity index (χ2n) is 5.37. The lowest BCUT2D eigenvalue weighted by Crippen LogP contribution is -1.92. The quantitative estimate of drug-likeness (QED) is 0.302. The number of carbonyl (C=O) groups is 1. The van der Waals surface area contributed by atoms with Gasteiger partial charge in [-0.15, -0.1) is 0 Å². The van der Waals surface area contributed by atoms with Crippen molar-refractivity contribution in [1.29, 1.82) is 0 Å². The molecule has 0 aliphatic rings. The average Bonchev–Trinajstić information content (AvgIpc) is 2.50. The maximum absolute atomic E-state index is 10.3. The van der Waals surface area contributed by atoms with Gasteiger partial charge in [0.15, 0.2) is 0 Å². The van der Waals surface area contributed by atoms with Gasteiger partial charge in [0.05, 0.1) is 0 Å². The number of allylic oxidation sites excluding steroid dienone is 8. The van der Waals surface area contributed by atoms with E-state index < -0.39 is 5.97 Å². The van der Waals surface area contributed by atoms with Crippen molar-refractivity contribution in [3.63, 3.8) is 0 Å². The maximum Gasteiger partial charge on any atom is 0.303 e. The van der Waals surface area contributed by atoms with Crippen LogP contribution in [0.3, 0.4) is 0 Å². The highest BCUT2D eigenvalue weighted by Crippen LogP contribution is 2.01. The van der Waals surface area contributed by atoms with Gasteiger partial charge in [0.25, 0.3) is 0 Å². The molecule has 23 heavy (non-hydrogen) atoms. The molecule has 1 N–H and O–H groups in total. The largest absolute Gasteiger partial charge is 0.481 e. The van der Waals surface area contributed by atoms with Gasteiger partial charge in [-0.05, 0) is 44.9 Å². The zero-order valence-electron chi connectivity index (χ0n) is 14.5. The molecule has 0 bridgehead atoms. The molecule has 0 aromatic heterocycles. The van der Waals surface area contributed by atoms with Gasteiger partial charge in [-0.25, -0.2) is 0 Å². The lowest BCUT2D eigenvalue weighted by molar-refractivity contribution is -0.137. The molecule has 0 aliphatic carbocycles. The van der Waals surface area contributed by atoms with Gasteiger partial charge in [0.2, 0.25) is 0 Å². The van der Waals surface area contributed by atoms with Gasteiger partial charge in [-0.1, -0.05) is 68.4 Å². The Labute approximate surface area is 143 Å². The second kappa shape index (κ2) is 20.4. The summed E-state index contributed by atoms with van der Waals surface area (Å²) in [6.07, 6.45) is 27.3. The van der Waals surface area contributed by atoms with Crippen LogP contribution in [-0.4, -0.2) is 11.1 Å². The van der Waals surface area contributed by atoms with Crippen LogP contribution < -0.4 is 0 Å². The Morgan fingerprint density at radius 2 is 1.17 bits per heavy atom. The first kappa shape index (κ1) is 23.7. The third-order valence-electron chi connectivity index (χ3n) is 3.22. The molecule has 2 nitrogen and oxygen atoms in total. The van der Waals surface area contributed by atoms with Gasteiger partial charge in [-0.3, -0.25) is 4.79 Å². The molecular formula is C21H32O2. The fraction of sp³-hybridized carbons (Fsp3) is 0.524. The lowest BCUT2D eigenvalue weighted by atomic mass is 10.2. The predicted molar refractivity (Wildman–Crippen MR) is 99.3 cm³/mol. The summed E-state index contributed by atoms with van der Waals surface area (Å²) < 4.78 is 0. The van der Waals surface area contributed by atoms with E-state index in [0.29, 0.717) is 0 Å². The second-order valence-corrected chi connectivity index (χ2v) is 5.37. The number of unbranched alkanes of at least 4 members (excludes halogenated alkanes) is 4. The zero-order valence-corrected chi connectivity index (χ0v) is 14.5. The van der Waals surface area contributed by atoms with Crippen LogP contribution in [0.1, 0.15) is 71.1 Å². The highest BCUT2D eigenvalue weighted by atomic mass is 16.4. The number of aliphatic carboxylic acids is 1. The van der Waals surface area contributed by atoms with Gasteiger partial charge < -0.3 is 5.11 Å². The van der Waals surface area contributed by atoms with Crippen LogP contribution in [0.15, 0.2) is 48.6 Å². The Hall–Kier alpha value is -1.57. The molecule has 0 atom stereocenters. The molecule has 0 saturated carbocycles. The fourth-order valence-corrected chi connectivity index (χ4v) is 1.93. The van der Waals surface area contributed by atoms with Gasteiger partial charge in [-0.2, -0.15) is 0 Å². The normalized spacial score (nSPS) is 11.9. The monoisotopic (exact) mass is 316 g/mol. The smallest absolute Gasteiger partial charge is 0.303 e. The number of rotatable bonds is 14. The van der Waals surface area contributed by atoms with Crippen LogP contribution in [0.5, 0.6) is 0 Å². The lowest BCUT2D eigenvalue weighted by Gasteiger charge is -1.90. The van der Waals surface area contributed by atoms with E-state index in [1.165, 1.54) is 25.7 Å². The topological polar surface area (TPSA) is 37.3 Å². The molecule has 0 unspecified atom stereocenters. The molecule has 0 heterocycles. The van der Waals surface area contributed by atoms with Crippen LogP contribution in [-0.2, 0) is 4.79 Å². The summed E-state index contributed by atoms with van der Waals surface area (Å²) >= 11 is 0. The first-order valence-corrected chi connectivity index (χ1v) is 8.59. The summed E-state index contributed by atoms with van der Waals surface area (Å²) in [6, 6.07) is 0. The van der Waals surface area contributed by atoms with Crippen LogP contribution in [0.4, 0.5) is 0 Å². The molecule has 0 fully saturated rings. The van der Waals surface area contributed by atoms with Crippen molar-refractivity contribution < 1.29 is 9.90 Å². The van der Waals surface area contributed by atoms with Crippen LogP contribution in [0.25, 0.3) is 0 Å². The van der Waals surface area contributed by atoms with Crippen molar-refractivity contribution in [3.05, 3.63) is 56.0 Å².